The maximum atomic E-state index is 12.1. The predicted molar refractivity (Wildman–Crippen MR) is 73.3 cm³/mol. The highest BCUT2D eigenvalue weighted by molar-refractivity contribution is 5.88. The Balaban J connectivity index is 2.98. The Morgan fingerprint density at radius 1 is 1.40 bits per heavy atom. The predicted octanol–water partition coefficient (Wildman–Crippen LogP) is 0.884. The summed E-state index contributed by atoms with van der Waals surface area (Å²) in [5.41, 5.74) is 0.833. The number of esters is 1. The molecule has 1 aromatic rings. The van der Waals surface area contributed by atoms with Gasteiger partial charge in [0.1, 0.15) is 6.54 Å². The first kappa shape index (κ1) is 16.1. The molecule has 0 fully saturated rings. The number of hydrogen-bond acceptors (Lipinski definition) is 5. The number of hydrogen-bond donors (Lipinski definition) is 0. The lowest BCUT2D eigenvalue weighted by atomic mass is 10.2. The lowest BCUT2D eigenvalue weighted by Crippen LogP contribution is -2.36. The van der Waals surface area contributed by atoms with Gasteiger partial charge < -0.3 is 9.64 Å². The molecule has 0 N–H and O–H groups in total. The van der Waals surface area contributed by atoms with E-state index in [4.69, 9.17) is 0 Å². The van der Waals surface area contributed by atoms with Crippen molar-refractivity contribution in [1.82, 2.24) is 19.9 Å². The molecule has 0 aliphatic heterocycles. The molecule has 0 radical (unpaired) electrons. The molecule has 1 aromatic heterocycles. The molecule has 1 heterocycles. The normalized spacial score (nSPS) is 10.7. The number of ether oxygens (including phenoxy) is 1. The molecule has 20 heavy (non-hydrogen) atoms. The summed E-state index contributed by atoms with van der Waals surface area (Å²) in [5, 5.41) is 7.73. The highest BCUT2D eigenvalue weighted by Gasteiger charge is 2.22. The number of carbonyl (C=O) groups excluding carboxylic acids is 2. The standard InChI is InChI=1S/C13H22N4O3/c1-6-7-10-12(13(19)20-5)14-15-17(10)8-11(18)16(4)9(2)3/h9H,6-8H2,1-5H3. The van der Waals surface area contributed by atoms with Crippen molar-refractivity contribution in [3.8, 4) is 0 Å². The Labute approximate surface area is 118 Å². The minimum Gasteiger partial charge on any atom is -0.464 e. The van der Waals surface area contributed by atoms with Gasteiger partial charge in [-0.2, -0.15) is 0 Å². The van der Waals surface area contributed by atoms with Crippen LogP contribution in [0.5, 0.6) is 0 Å². The minimum atomic E-state index is -0.524. The summed E-state index contributed by atoms with van der Waals surface area (Å²) in [4.78, 5) is 25.3. The van der Waals surface area contributed by atoms with Crippen LogP contribution in [0.3, 0.4) is 0 Å². The van der Waals surface area contributed by atoms with Gasteiger partial charge in [0, 0.05) is 13.1 Å². The smallest absolute Gasteiger partial charge is 0.360 e. The van der Waals surface area contributed by atoms with Gasteiger partial charge in [0.2, 0.25) is 5.91 Å². The van der Waals surface area contributed by atoms with E-state index in [2.05, 4.69) is 15.0 Å². The summed E-state index contributed by atoms with van der Waals surface area (Å²) in [6.07, 6.45) is 1.45. The van der Waals surface area contributed by atoms with Gasteiger partial charge in [0.15, 0.2) is 5.69 Å². The zero-order valence-corrected chi connectivity index (χ0v) is 12.7. The molecule has 0 spiro atoms. The Morgan fingerprint density at radius 3 is 2.55 bits per heavy atom. The maximum absolute atomic E-state index is 12.1. The van der Waals surface area contributed by atoms with Gasteiger partial charge in [-0.3, -0.25) is 4.79 Å². The van der Waals surface area contributed by atoms with Crippen molar-refractivity contribution in [2.24, 2.45) is 0 Å². The first-order chi connectivity index (χ1) is 9.42. The summed E-state index contributed by atoms with van der Waals surface area (Å²) < 4.78 is 6.16. The Kier molecular flexibility index (Phi) is 5.66. The number of rotatable bonds is 6. The Hall–Kier alpha value is -1.92. The summed E-state index contributed by atoms with van der Waals surface area (Å²) in [6, 6.07) is 0.112. The molecule has 112 valence electrons. The molecular weight excluding hydrogens is 260 g/mol. The second kappa shape index (κ2) is 7.02. The van der Waals surface area contributed by atoms with Crippen molar-refractivity contribution in [3.05, 3.63) is 11.4 Å². The van der Waals surface area contributed by atoms with Crippen molar-refractivity contribution in [3.63, 3.8) is 0 Å². The topological polar surface area (TPSA) is 77.3 Å². The molecule has 7 heteroatoms. The average molecular weight is 282 g/mol. The van der Waals surface area contributed by atoms with Crippen LogP contribution in [-0.2, 0) is 22.5 Å². The molecule has 0 aromatic carbocycles. The van der Waals surface area contributed by atoms with E-state index < -0.39 is 5.97 Å². The third-order valence-electron chi connectivity index (χ3n) is 3.16. The Bertz CT molecular complexity index is 482. The zero-order chi connectivity index (χ0) is 15.3. The van der Waals surface area contributed by atoms with Crippen LogP contribution in [0.25, 0.3) is 0 Å². The lowest BCUT2D eigenvalue weighted by Gasteiger charge is -2.21. The SMILES string of the molecule is CCCc1c(C(=O)OC)nnn1CC(=O)N(C)C(C)C. The van der Waals surface area contributed by atoms with Gasteiger partial charge in [-0.1, -0.05) is 18.6 Å². The largest absolute Gasteiger partial charge is 0.464 e. The molecule has 0 bridgehead atoms. The van der Waals surface area contributed by atoms with Crippen molar-refractivity contribution in [1.29, 1.82) is 0 Å². The lowest BCUT2D eigenvalue weighted by molar-refractivity contribution is -0.132. The van der Waals surface area contributed by atoms with Gasteiger partial charge in [-0.05, 0) is 20.3 Å². The van der Waals surface area contributed by atoms with E-state index in [1.807, 2.05) is 20.8 Å². The average Bonchev–Trinajstić information content (AvgIpc) is 2.80. The fourth-order valence-corrected chi connectivity index (χ4v) is 1.73. The van der Waals surface area contributed by atoms with Crippen LogP contribution in [0.15, 0.2) is 0 Å². The van der Waals surface area contributed by atoms with E-state index in [0.29, 0.717) is 12.1 Å². The van der Waals surface area contributed by atoms with Crippen molar-refractivity contribution in [2.75, 3.05) is 14.2 Å². The van der Waals surface area contributed by atoms with Crippen LogP contribution in [0, 0.1) is 0 Å². The Morgan fingerprint density at radius 2 is 2.05 bits per heavy atom. The number of likely N-dealkylation sites (N-methyl/N-ethyl adjacent to an activating group) is 1. The number of carbonyl (C=O) groups is 2. The van der Waals surface area contributed by atoms with Crippen molar-refractivity contribution >= 4 is 11.9 Å². The quantitative estimate of drug-likeness (QED) is 0.724. The molecule has 7 nitrogen and oxygen atoms in total. The van der Waals surface area contributed by atoms with E-state index in [0.717, 1.165) is 6.42 Å². The van der Waals surface area contributed by atoms with Gasteiger partial charge >= 0.3 is 5.97 Å². The van der Waals surface area contributed by atoms with Gasteiger partial charge in [0.05, 0.1) is 12.8 Å². The molecule has 1 rings (SSSR count). The van der Waals surface area contributed by atoms with E-state index in [-0.39, 0.29) is 24.2 Å². The van der Waals surface area contributed by atoms with Crippen LogP contribution in [-0.4, -0.2) is 52.0 Å². The highest BCUT2D eigenvalue weighted by atomic mass is 16.5. The first-order valence-electron chi connectivity index (χ1n) is 6.68. The zero-order valence-electron chi connectivity index (χ0n) is 12.7. The van der Waals surface area contributed by atoms with E-state index >= 15 is 0 Å². The fraction of sp³-hybridized carbons (Fsp3) is 0.692. The molecule has 1 amide bonds. The minimum absolute atomic E-state index is 0.0707. The second-order valence-corrected chi connectivity index (χ2v) is 4.88. The monoisotopic (exact) mass is 282 g/mol. The first-order valence-corrected chi connectivity index (χ1v) is 6.68. The summed E-state index contributed by atoms with van der Waals surface area (Å²) in [5.74, 6) is -0.594. The fourth-order valence-electron chi connectivity index (χ4n) is 1.73. The molecule has 0 atom stereocenters. The number of aromatic nitrogens is 3. The van der Waals surface area contributed by atoms with Gasteiger partial charge in [-0.15, -0.1) is 5.10 Å². The molecule has 0 aliphatic carbocycles. The van der Waals surface area contributed by atoms with E-state index in [1.54, 1.807) is 11.9 Å². The number of methoxy groups -OCH3 is 1. The van der Waals surface area contributed by atoms with Crippen molar-refractivity contribution < 1.29 is 14.3 Å². The van der Waals surface area contributed by atoms with E-state index in [9.17, 15) is 9.59 Å². The third kappa shape index (κ3) is 3.55. The summed E-state index contributed by atoms with van der Waals surface area (Å²) in [6.45, 7) is 5.94. The van der Waals surface area contributed by atoms with Crippen LogP contribution < -0.4 is 0 Å². The van der Waals surface area contributed by atoms with E-state index in [1.165, 1.54) is 11.8 Å². The van der Waals surface area contributed by atoms with Gasteiger partial charge in [0.25, 0.3) is 0 Å². The van der Waals surface area contributed by atoms with Crippen LogP contribution in [0.4, 0.5) is 0 Å². The number of nitrogens with zero attached hydrogens (tertiary/aromatic N) is 4. The number of amides is 1. The molecular formula is C13H22N4O3. The van der Waals surface area contributed by atoms with Crippen LogP contribution in [0.2, 0.25) is 0 Å². The maximum Gasteiger partial charge on any atom is 0.360 e. The highest BCUT2D eigenvalue weighted by Crippen LogP contribution is 2.10. The van der Waals surface area contributed by atoms with Crippen molar-refractivity contribution in [2.45, 2.75) is 46.2 Å². The molecule has 0 saturated heterocycles. The third-order valence-corrected chi connectivity index (χ3v) is 3.16. The van der Waals surface area contributed by atoms with Gasteiger partial charge in [-0.25, -0.2) is 9.48 Å². The van der Waals surface area contributed by atoms with Crippen LogP contribution >= 0.6 is 0 Å². The van der Waals surface area contributed by atoms with Crippen LogP contribution in [0.1, 0.15) is 43.4 Å². The molecule has 0 saturated carbocycles. The molecule has 0 unspecified atom stereocenters. The summed E-state index contributed by atoms with van der Waals surface area (Å²) >= 11 is 0. The second-order valence-electron chi connectivity index (χ2n) is 4.88. The summed E-state index contributed by atoms with van der Waals surface area (Å²) in [7, 11) is 3.04. The molecule has 0 aliphatic rings.